The van der Waals surface area contributed by atoms with Gasteiger partial charge in [-0.2, -0.15) is 4.98 Å². The maximum absolute atomic E-state index is 5.56. The van der Waals surface area contributed by atoms with Gasteiger partial charge in [-0.15, -0.1) is 0 Å². The molecule has 0 aliphatic rings. The van der Waals surface area contributed by atoms with Crippen molar-refractivity contribution >= 4 is 5.69 Å². The van der Waals surface area contributed by atoms with Gasteiger partial charge in [0.05, 0.1) is 11.9 Å². The monoisotopic (exact) mass is 239 g/mol. The van der Waals surface area contributed by atoms with Crippen LogP contribution in [0.4, 0.5) is 5.69 Å². The summed E-state index contributed by atoms with van der Waals surface area (Å²) in [6.45, 7) is 0. The van der Waals surface area contributed by atoms with Crippen LogP contribution in [0.5, 0.6) is 0 Å². The normalized spacial score (nSPS) is 10.4. The van der Waals surface area contributed by atoms with E-state index in [1.165, 1.54) is 0 Å². The lowest BCUT2D eigenvalue weighted by molar-refractivity contribution is 0.431. The number of hydrogen-bond donors (Lipinski definition) is 1. The summed E-state index contributed by atoms with van der Waals surface area (Å²) < 4.78 is 5.15. The molecule has 0 saturated carbocycles. The molecular weight excluding hydrogens is 230 g/mol. The molecule has 6 nitrogen and oxygen atoms in total. The summed E-state index contributed by atoms with van der Waals surface area (Å²) in [6, 6.07) is 7.14. The second-order valence-corrected chi connectivity index (χ2v) is 3.64. The van der Waals surface area contributed by atoms with Crippen molar-refractivity contribution < 1.29 is 4.52 Å². The molecule has 0 fully saturated rings. The molecule has 88 valence electrons. The molecule has 2 N–H and O–H groups in total. The van der Waals surface area contributed by atoms with E-state index < -0.39 is 0 Å². The lowest BCUT2D eigenvalue weighted by atomic mass is 10.3. The topological polar surface area (TPSA) is 90.7 Å². The van der Waals surface area contributed by atoms with Gasteiger partial charge < -0.3 is 10.3 Å². The number of nitrogens with two attached hydrogens (primary N) is 1. The zero-order valence-electron chi connectivity index (χ0n) is 9.32. The van der Waals surface area contributed by atoms with Crippen LogP contribution in [0.15, 0.2) is 47.4 Å². The summed E-state index contributed by atoms with van der Waals surface area (Å²) in [6.07, 6.45) is 4.90. The third-order valence-electron chi connectivity index (χ3n) is 2.35. The third kappa shape index (κ3) is 1.91. The molecule has 0 spiro atoms. The zero-order chi connectivity index (χ0) is 12.4. The Morgan fingerprint density at radius 1 is 1.11 bits per heavy atom. The summed E-state index contributed by atoms with van der Waals surface area (Å²) in [5, 5.41) is 3.89. The molecule has 3 aromatic rings. The predicted molar refractivity (Wildman–Crippen MR) is 65.2 cm³/mol. The van der Waals surface area contributed by atoms with E-state index >= 15 is 0 Å². The fourth-order valence-electron chi connectivity index (χ4n) is 1.47. The lowest BCUT2D eigenvalue weighted by Crippen LogP contribution is -1.88. The van der Waals surface area contributed by atoms with Gasteiger partial charge in [0.2, 0.25) is 5.82 Å². The fraction of sp³-hybridized carbons (Fsp3) is 0. The van der Waals surface area contributed by atoms with Crippen LogP contribution in [0.2, 0.25) is 0 Å². The van der Waals surface area contributed by atoms with Crippen molar-refractivity contribution in [3.63, 3.8) is 0 Å². The average Bonchev–Trinajstić information content (AvgIpc) is 2.90. The first-order valence-electron chi connectivity index (χ1n) is 5.29. The first-order chi connectivity index (χ1) is 8.83. The second kappa shape index (κ2) is 4.25. The van der Waals surface area contributed by atoms with Gasteiger partial charge in [-0.25, -0.2) is 4.98 Å². The number of nitrogen functional groups attached to an aromatic ring is 1. The highest BCUT2D eigenvalue weighted by atomic mass is 16.5. The van der Waals surface area contributed by atoms with Crippen molar-refractivity contribution in [3.05, 3.63) is 42.9 Å². The SMILES string of the molecule is Nc1ccc(-c2nc(-c3cccnc3)no2)nc1. The average molecular weight is 239 g/mol. The van der Waals surface area contributed by atoms with Gasteiger partial charge in [0.1, 0.15) is 5.69 Å². The predicted octanol–water partition coefficient (Wildman–Crippen LogP) is 1.78. The van der Waals surface area contributed by atoms with Crippen molar-refractivity contribution in [1.82, 2.24) is 20.1 Å². The molecular formula is C12H9N5O. The Labute approximate surface area is 103 Å². The molecule has 0 aliphatic carbocycles. The summed E-state index contributed by atoms with van der Waals surface area (Å²) in [7, 11) is 0. The van der Waals surface area contributed by atoms with Crippen LogP contribution in [0.25, 0.3) is 23.0 Å². The molecule has 3 heterocycles. The highest BCUT2D eigenvalue weighted by Gasteiger charge is 2.11. The van der Waals surface area contributed by atoms with Crippen molar-refractivity contribution in [2.24, 2.45) is 0 Å². The Balaban J connectivity index is 1.97. The van der Waals surface area contributed by atoms with Crippen LogP contribution < -0.4 is 5.73 Å². The van der Waals surface area contributed by atoms with Crippen molar-refractivity contribution in [3.8, 4) is 23.0 Å². The molecule has 3 aromatic heterocycles. The lowest BCUT2D eigenvalue weighted by Gasteiger charge is -1.93. The maximum atomic E-state index is 5.56. The van der Waals surface area contributed by atoms with E-state index in [2.05, 4.69) is 20.1 Å². The highest BCUT2D eigenvalue weighted by molar-refractivity contribution is 5.57. The summed E-state index contributed by atoms with van der Waals surface area (Å²) >= 11 is 0. The summed E-state index contributed by atoms with van der Waals surface area (Å²) in [5.74, 6) is 0.838. The largest absolute Gasteiger partial charge is 0.397 e. The smallest absolute Gasteiger partial charge is 0.276 e. The first kappa shape index (κ1) is 10.4. The van der Waals surface area contributed by atoms with Crippen LogP contribution in [-0.2, 0) is 0 Å². The zero-order valence-corrected chi connectivity index (χ0v) is 9.32. The van der Waals surface area contributed by atoms with E-state index in [1.54, 1.807) is 30.7 Å². The van der Waals surface area contributed by atoms with E-state index in [-0.39, 0.29) is 0 Å². The molecule has 0 radical (unpaired) electrons. The van der Waals surface area contributed by atoms with Crippen molar-refractivity contribution in [1.29, 1.82) is 0 Å². The summed E-state index contributed by atoms with van der Waals surface area (Å²) in [5.41, 5.74) is 7.54. The number of rotatable bonds is 2. The second-order valence-electron chi connectivity index (χ2n) is 3.64. The van der Waals surface area contributed by atoms with Crippen LogP contribution in [0, 0.1) is 0 Å². The van der Waals surface area contributed by atoms with E-state index in [0.717, 1.165) is 5.56 Å². The Hall–Kier alpha value is -2.76. The van der Waals surface area contributed by atoms with Crippen LogP contribution >= 0.6 is 0 Å². The van der Waals surface area contributed by atoms with Gasteiger partial charge >= 0.3 is 0 Å². The number of pyridine rings is 2. The van der Waals surface area contributed by atoms with E-state index in [4.69, 9.17) is 10.3 Å². The van der Waals surface area contributed by atoms with Gasteiger partial charge in [0, 0.05) is 18.0 Å². The maximum Gasteiger partial charge on any atom is 0.276 e. The molecule has 0 amide bonds. The summed E-state index contributed by atoms with van der Waals surface area (Å²) in [4.78, 5) is 12.4. The minimum absolute atomic E-state index is 0.355. The Kier molecular flexibility index (Phi) is 2.45. The van der Waals surface area contributed by atoms with E-state index in [0.29, 0.717) is 23.1 Å². The highest BCUT2D eigenvalue weighted by Crippen LogP contribution is 2.20. The Morgan fingerprint density at radius 3 is 2.78 bits per heavy atom. The third-order valence-corrected chi connectivity index (χ3v) is 2.35. The molecule has 0 unspecified atom stereocenters. The number of hydrogen-bond acceptors (Lipinski definition) is 6. The van der Waals surface area contributed by atoms with Crippen LogP contribution in [0.1, 0.15) is 0 Å². The van der Waals surface area contributed by atoms with Gasteiger partial charge in [-0.1, -0.05) is 5.16 Å². The Morgan fingerprint density at radius 2 is 2.06 bits per heavy atom. The first-order valence-corrected chi connectivity index (χ1v) is 5.29. The van der Waals surface area contributed by atoms with E-state index in [1.807, 2.05) is 12.1 Å². The Bertz CT molecular complexity index is 648. The van der Waals surface area contributed by atoms with Gasteiger partial charge in [0.25, 0.3) is 5.89 Å². The van der Waals surface area contributed by atoms with Gasteiger partial charge in [0.15, 0.2) is 0 Å². The standard InChI is InChI=1S/C12H9N5O/c13-9-3-4-10(15-7-9)12-16-11(17-18-12)8-2-1-5-14-6-8/h1-7H,13H2. The molecule has 0 atom stereocenters. The number of anilines is 1. The van der Waals surface area contributed by atoms with Gasteiger partial charge in [-0.3, -0.25) is 4.98 Å². The van der Waals surface area contributed by atoms with E-state index in [9.17, 15) is 0 Å². The minimum Gasteiger partial charge on any atom is -0.397 e. The minimum atomic E-state index is 0.355. The number of nitrogens with zero attached hydrogens (tertiary/aromatic N) is 4. The quantitative estimate of drug-likeness (QED) is 0.732. The molecule has 18 heavy (non-hydrogen) atoms. The fourth-order valence-corrected chi connectivity index (χ4v) is 1.47. The van der Waals surface area contributed by atoms with Crippen molar-refractivity contribution in [2.75, 3.05) is 5.73 Å². The molecule has 0 aliphatic heterocycles. The molecule has 0 bridgehead atoms. The van der Waals surface area contributed by atoms with Gasteiger partial charge in [-0.05, 0) is 24.3 Å². The molecule has 3 rings (SSSR count). The van der Waals surface area contributed by atoms with Crippen LogP contribution in [-0.4, -0.2) is 20.1 Å². The molecule has 0 saturated heterocycles. The number of aromatic nitrogens is 4. The molecule has 0 aromatic carbocycles. The van der Waals surface area contributed by atoms with Crippen molar-refractivity contribution in [2.45, 2.75) is 0 Å². The molecule has 6 heteroatoms. The van der Waals surface area contributed by atoms with Crippen LogP contribution in [0.3, 0.4) is 0 Å².